The highest BCUT2D eigenvalue weighted by atomic mass is 15.2. The van der Waals surface area contributed by atoms with Gasteiger partial charge < -0.3 is 5.32 Å². The zero-order chi connectivity index (χ0) is 10.7. The summed E-state index contributed by atoms with van der Waals surface area (Å²) in [4.78, 5) is 2.76. The van der Waals surface area contributed by atoms with Gasteiger partial charge in [-0.3, -0.25) is 4.90 Å². The molecule has 0 spiro atoms. The van der Waals surface area contributed by atoms with Crippen molar-refractivity contribution in [1.82, 2.24) is 10.2 Å². The Hall–Kier alpha value is -0.0800. The lowest BCUT2D eigenvalue weighted by molar-refractivity contribution is 0.0755. The van der Waals surface area contributed by atoms with Gasteiger partial charge in [0, 0.05) is 31.7 Å². The third-order valence-electron chi connectivity index (χ3n) is 4.26. The van der Waals surface area contributed by atoms with E-state index in [2.05, 4.69) is 24.1 Å². The summed E-state index contributed by atoms with van der Waals surface area (Å²) in [5.41, 5.74) is 0. The number of hydrogen-bond acceptors (Lipinski definition) is 2. The fraction of sp³-hybridized carbons (Fsp3) is 1.00. The van der Waals surface area contributed by atoms with E-state index < -0.39 is 0 Å². The fourth-order valence-corrected chi connectivity index (χ4v) is 3.41. The number of hydrogen-bond donors (Lipinski definition) is 1. The van der Waals surface area contributed by atoms with Crippen LogP contribution in [0, 0.1) is 5.92 Å². The molecule has 88 valence electrons. The Kier molecular flexibility index (Phi) is 4.04. The number of rotatable bonds is 2. The van der Waals surface area contributed by atoms with Crippen molar-refractivity contribution in [3.8, 4) is 0 Å². The van der Waals surface area contributed by atoms with Gasteiger partial charge in [-0.25, -0.2) is 0 Å². The third kappa shape index (κ3) is 2.73. The van der Waals surface area contributed by atoms with E-state index in [4.69, 9.17) is 0 Å². The summed E-state index contributed by atoms with van der Waals surface area (Å²) in [6, 6.07) is 1.59. The van der Waals surface area contributed by atoms with E-state index in [1.165, 1.54) is 51.7 Å². The molecule has 1 aliphatic heterocycles. The lowest BCUT2D eigenvalue weighted by Gasteiger charge is -2.43. The van der Waals surface area contributed by atoms with E-state index >= 15 is 0 Å². The third-order valence-corrected chi connectivity index (χ3v) is 4.26. The summed E-state index contributed by atoms with van der Waals surface area (Å²) in [7, 11) is 0. The van der Waals surface area contributed by atoms with Crippen LogP contribution in [0.5, 0.6) is 0 Å². The van der Waals surface area contributed by atoms with E-state index in [9.17, 15) is 0 Å². The molecule has 3 atom stereocenters. The van der Waals surface area contributed by atoms with Gasteiger partial charge in [-0.2, -0.15) is 0 Å². The molecule has 1 saturated heterocycles. The smallest absolute Gasteiger partial charge is 0.0167 e. The zero-order valence-corrected chi connectivity index (χ0v) is 10.3. The van der Waals surface area contributed by atoms with Crippen LogP contribution in [0.2, 0.25) is 0 Å². The Labute approximate surface area is 94.4 Å². The molecule has 0 aromatic rings. The highest BCUT2D eigenvalue weighted by molar-refractivity contribution is 4.87. The minimum atomic E-state index is 0.693. The van der Waals surface area contributed by atoms with Crippen LogP contribution < -0.4 is 5.32 Å². The minimum Gasteiger partial charge on any atom is -0.312 e. The van der Waals surface area contributed by atoms with Crippen LogP contribution in [0.3, 0.4) is 0 Å². The first kappa shape index (κ1) is 11.4. The van der Waals surface area contributed by atoms with Gasteiger partial charge >= 0.3 is 0 Å². The predicted octanol–water partition coefficient (Wildman–Crippen LogP) is 2.25. The monoisotopic (exact) mass is 210 g/mol. The molecular formula is C13H26N2. The van der Waals surface area contributed by atoms with Gasteiger partial charge in [0.25, 0.3) is 0 Å². The summed E-state index contributed by atoms with van der Waals surface area (Å²) in [6.07, 6.45) is 7.23. The highest BCUT2D eigenvalue weighted by Gasteiger charge is 2.30. The molecule has 0 aromatic heterocycles. The Morgan fingerprint density at radius 1 is 1.27 bits per heavy atom. The second-order valence-electron chi connectivity index (χ2n) is 5.37. The Morgan fingerprint density at radius 2 is 2.07 bits per heavy atom. The quantitative estimate of drug-likeness (QED) is 0.752. The second kappa shape index (κ2) is 5.31. The number of nitrogens with zero attached hydrogens (tertiary/aromatic N) is 1. The zero-order valence-electron chi connectivity index (χ0n) is 10.3. The van der Waals surface area contributed by atoms with Gasteiger partial charge in [0.1, 0.15) is 0 Å². The molecule has 1 saturated carbocycles. The molecule has 0 amide bonds. The molecule has 2 nitrogen and oxygen atoms in total. The lowest BCUT2D eigenvalue weighted by Crippen LogP contribution is -2.55. The average molecular weight is 210 g/mol. The van der Waals surface area contributed by atoms with Crippen LogP contribution in [0.15, 0.2) is 0 Å². The highest BCUT2D eigenvalue weighted by Crippen LogP contribution is 2.31. The van der Waals surface area contributed by atoms with Crippen molar-refractivity contribution in [2.24, 2.45) is 5.92 Å². The first-order chi connectivity index (χ1) is 7.31. The van der Waals surface area contributed by atoms with Gasteiger partial charge in [0.15, 0.2) is 0 Å². The molecule has 2 fully saturated rings. The molecule has 2 rings (SSSR count). The van der Waals surface area contributed by atoms with Crippen molar-refractivity contribution in [2.75, 3.05) is 19.6 Å². The molecule has 2 aliphatic rings. The SMILES string of the molecule is CCC1CCCCC1N1CCN[C@H](C)C1. The maximum absolute atomic E-state index is 3.54. The van der Waals surface area contributed by atoms with Gasteiger partial charge in [-0.05, 0) is 25.7 Å². The molecular weight excluding hydrogens is 184 g/mol. The molecule has 0 aromatic carbocycles. The Balaban J connectivity index is 1.94. The Morgan fingerprint density at radius 3 is 2.80 bits per heavy atom. The van der Waals surface area contributed by atoms with Crippen molar-refractivity contribution >= 4 is 0 Å². The van der Waals surface area contributed by atoms with Crippen molar-refractivity contribution in [2.45, 2.75) is 58.0 Å². The maximum Gasteiger partial charge on any atom is 0.0167 e. The molecule has 15 heavy (non-hydrogen) atoms. The molecule has 0 bridgehead atoms. The van der Waals surface area contributed by atoms with E-state index in [-0.39, 0.29) is 0 Å². The van der Waals surface area contributed by atoms with Crippen molar-refractivity contribution < 1.29 is 0 Å². The molecule has 2 unspecified atom stereocenters. The summed E-state index contributed by atoms with van der Waals surface area (Å²) >= 11 is 0. The largest absolute Gasteiger partial charge is 0.312 e. The van der Waals surface area contributed by atoms with E-state index in [0.717, 1.165) is 12.0 Å². The molecule has 2 heteroatoms. The second-order valence-corrected chi connectivity index (χ2v) is 5.37. The van der Waals surface area contributed by atoms with Gasteiger partial charge in [0.05, 0.1) is 0 Å². The van der Waals surface area contributed by atoms with Gasteiger partial charge in [0.2, 0.25) is 0 Å². The molecule has 0 radical (unpaired) electrons. The number of piperazine rings is 1. The van der Waals surface area contributed by atoms with Crippen LogP contribution in [0.4, 0.5) is 0 Å². The van der Waals surface area contributed by atoms with Crippen LogP contribution in [0.25, 0.3) is 0 Å². The van der Waals surface area contributed by atoms with Gasteiger partial charge in [-0.1, -0.05) is 26.2 Å². The van der Waals surface area contributed by atoms with Crippen LogP contribution in [-0.2, 0) is 0 Å². The normalized spacial score (nSPS) is 39.2. The first-order valence-corrected chi connectivity index (χ1v) is 6.78. The molecule has 1 aliphatic carbocycles. The standard InChI is InChI=1S/C13H26N2/c1-3-12-6-4-5-7-13(12)15-9-8-14-11(2)10-15/h11-14H,3-10H2,1-2H3/t11-,12?,13?/m1/s1. The lowest BCUT2D eigenvalue weighted by atomic mass is 9.81. The Bertz CT molecular complexity index is 193. The van der Waals surface area contributed by atoms with Crippen LogP contribution >= 0.6 is 0 Å². The van der Waals surface area contributed by atoms with Crippen LogP contribution in [0.1, 0.15) is 46.0 Å². The molecule has 1 N–H and O–H groups in total. The topological polar surface area (TPSA) is 15.3 Å². The van der Waals surface area contributed by atoms with E-state index in [1.807, 2.05) is 0 Å². The summed E-state index contributed by atoms with van der Waals surface area (Å²) < 4.78 is 0. The predicted molar refractivity (Wildman–Crippen MR) is 65.1 cm³/mol. The van der Waals surface area contributed by atoms with Crippen molar-refractivity contribution in [1.29, 1.82) is 0 Å². The van der Waals surface area contributed by atoms with Crippen molar-refractivity contribution in [3.63, 3.8) is 0 Å². The average Bonchev–Trinajstić information content (AvgIpc) is 2.29. The summed E-state index contributed by atoms with van der Waals surface area (Å²) in [5, 5.41) is 3.54. The number of nitrogens with one attached hydrogen (secondary N) is 1. The van der Waals surface area contributed by atoms with Crippen molar-refractivity contribution in [3.05, 3.63) is 0 Å². The van der Waals surface area contributed by atoms with E-state index in [0.29, 0.717) is 6.04 Å². The summed E-state index contributed by atoms with van der Waals surface area (Å²) in [6.45, 7) is 8.41. The van der Waals surface area contributed by atoms with E-state index in [1.54, 1.807) is 0 Å². The fourth-order valence-electron chi connectivity index (χ4n) is 3.41. The molecule has 1 heterocycles. The van der Waals surface area contributed by atoms with Gasteiger partial charge in [-0.15, -0.1) is 0 Å². The maximum atomic E-state index is 3.54. The first-order valence-electron chi connectivity index (χ1n) is 6.78. The summed E-state index contributed by atoms with van der Waals surface area (Å²) in [5.74, 6) is 0.976. The minimum absolute atomic E-state index is 0.693. The van der Waals surface area contributed by atoms with Crippen LogP contribution in [-0.4, -0.2) is 36.6 Å².